The van der Waals surface area contributed by atoms with E-state index < -0.39 is 0 Å². The van der Waals surface area contributed by atoms with Gasteiger partial charge in [-0.1, -0.05) is 25.1 Å². The van der Waals surface area contributed by atoms with Gasteiger partial charge in [0.15, 0.2) is 0 Å². The maximum Gasteiger partial charge on any atom is 0.0556 e. The fraction of sp³-hybridized carbons (Fsp3) is 0.538. The fourth-order valence-corrected chi connectivity index (χ4v) is 2.46. The molecule has 0 saturated carbocycles. The summed E-state index contributed by atoms with van der Waals surface area (Å²) in [6, 6.07) is 8.76. The lowest BCUT2D eigenvalue weighted by atomic mass is 10.1. The molecule has 0 saturated heterocycles. The SMILES string of the molecule is CCC(N)Cc1ccccc1SCCOC. The van der Waals surface area contributed by atoms with Gasteiger partial charge in [-0.05, 0) is 24.5 Å². The highest BCUT2D eigenvalue weighted by molar-refractivity contribution is 7.99. The van der Waals surface area contributed by atoms with E-state index in [9.17, 15) is 0 Å². The minimum atomic E-state index is 0.268. The lowest BCUT2D eigenvalue weighted by molar-refractivity contribution is 0.218. The van der Waals surface area contributed by atoms with E-state index in [2.05, 4.69) is 31.2 Å². The van der Waals surface area contributed by atoms with Crippen molar-refractivity contribution in [2.45, 2.75) is 30.7 Å². The molecule has 0 heterocycles. The smallest absolute Gasteiger partial charge is 0.0556 e. The fourth-order valence-electron chi connectivity index (χ4n) is 1.48. The Labute approximate surface area is 103 Å². The first-order chi connectivity index (χ1) is 7.77. The molecule has 0 fully saturated rings. The second kappa shape index (κ2) is 7.71. The Balaban J connectivity index is 2.60. The van der Waals surface area contributed by atoms with Crippen LogP contribution in [0.2, 0.25) is 0 Å². The maximum absolute atomic E-state index is 5.99. The Morgan fingerprint density at radius 3 is 2.81 bits per heavy atom. The Bertz CT molecular complexity index is 304. The van der Waals surface area contributed by atoms with Gasteiger partial charge >= 0.3 is 0 Å². The van der Waals surface area contributed by atoms with Gasteiger partial charge in [-0.25, -0.2) is 0 Å². The molecule has 1 atom stereocenters. The molecule has 2 nitrogen and oxygen atoms in total. The number of hydrogen-bond donors (Lipinski definition) is 1. The summed E-state index contributed by atoms with van der Waals surface area (Å²) in [7, 11) is 1.74. The van der Waals surface area contributed by atoms with Crippen LogP contribution in [0.4, 0.5) is 0 Å². The zero-order valence-corrected chi connectivity index (χ0v) is 10.9. The van der Waals surface area contributed by atoms with Crippen LogP contribution in [-0.2, 0) is 11.2 Å². The van der Waals surface area contributed by atoms with Crippen LogP contribution in [-0.4, -0.2) is 25.5 Å². The number of rotatable bonds is 7. The number of hydrogen-bond acceptors (Lipinski definition) is 3. The molecule has 1 aromatic carbocycles. The zero-order chi connectivity index (χ0) is 11.8. The van der Waals surface area contributed by atoms with E-state index in [1.54, 1.807) is 7.11 Å². The molecule has 0 aliphatic carbocycles. The highest BCUT2D eigenvalue weighted by atomic mass is 32.2. The molecular formula is C13H21NOS. The van der Waals surface area contributed by atoms with Gasteiger partial charge in [-0.2, -0.15) is 0 Å². The molecular weight excluding hydrogens is 218 g/mol. The van der Waals surface area contributed by atoms with Crippen molar-refractivity contribution < 1.29 is 4.74 Å². The van der Waals surface area contributed by atoms with Crippen molar-refractivity contribution in [2.24, 2.45) is 5.73 Å². The summed E-state index contributed by atoms with van der Waals surface area (Å²) in [6.07, 6.45) is 1.99. The topological polar surface area (TPSA) is 35.2 Å². The molecule has 3 heteroatoms. The predicted molar refractivity (Wildman–Crippen MR) is 71.0 cm³/mol. The summed E-state index contributed by atoms with van der Waals surface area (Å²) in [5.41, 5.74) is 7.35. The molecule has 0 spiro atoms. The largest absolute Gasteiger partial charge is 0.384 e. The normalized spacial score (nSPS) is 12.7. The summed E-state index contributed by atoms with van der Waals surface area (Å²) in [4.78, 5) is 1.34. The number of nitrogens with two attached hydrogens (primary N) is 1. The van der Waals surface area contributed by atoms with Crippen LogP contribution in [0, 0.1) is 0 Å². The molecule has 16 heavy (non-hydrogen) atoms. The van der Waals surface area contributed by atoms with Crippen LogP contribution in [0.15, 0.2) is 29.2 Å². The number of methoxy groups -OCH3 is 1. The van der Waals surface area contributed by atoms with Crippen LogP contribution >= 0.6 is 11.8 Å². The summed E-state index contributed by atoms with van der Waals surface area (Å²) < 4.78 is 5.06. The maximum atomic E-state index is 5.99. The first kappa shape index (κ1) is 13.6. The van der Waals surface area contributed by atoms with Gasteiger partial charge in [0.05, 0.1) is 6.61 Å². The third-order valence-corrected chi connectivity index (χ3v) is 3.60. The van der Waals surface area contributed by atoms with Crippen LogP contribution in [0.5, 0.6) is 0 Å². The van der Waals surface area contributed by atoms with Gasteiger partial charge in [0.2, 0.25) is 0 Å². The van der Waals surface area contributed by atoms with Crippen molar-refractivity contribution in [1.29, 1.82) is 0 Å². The average Bonchev–Trinajstić information content (AvgIpc) is 2.31. The minimum Gasteiger partial charge on any atom is -0.384 e. The van der Waals surface area contributed by atoms with Gasteiger partial charge in [-0.3, -0.25) is 0 Å². The van der Waals surface area contributed by atoms with E-state index >= 15 is 0 Å². The van der Waals surface area contributed by atoms with Gasteiger partial charge in [0, 0.05) is 23.8 Å². The third-order valence-electron chi connectivity index (χ3n) is 2.52. The van der Waals surface area contributed by atoms with Crippen molar-refractivity contribution >= 4 is 11.8 Å². The molecule has 0 bridgehead atoms. The van der Waals surface area contributed by atoms with Gasteiger partial charge in [0.1, 0.15) is 0 Å². The monoisotopic (exact) mass is 239 g/mol. The van der Waals surface area contributed by atoms with Crippen molar-refractivity contribution in [1.82, 2.24) is 0 Å². The van der Waals surface area contributed by atoms with Crippen LogP contribution in [0.1, 0.15) is 18.9 Å². The van der Waals surface area contributed by atoms with Crippen LogP contribution in [0.25, 0.3) is 0 Å². The Hall–Kier alpha value is -0.510. The molecule has 0 aliphatic rings. The Morgan fingerprint density at radius 1 is 1.38 bits per heavy atom. The first-order valence-corrected chi connectivity index (χ1v) is 6.71. The summed E-state index contributed by atoms with van der Waals surface area (Å²) in [5.74, 6) is 0.995. The van der Waals surface area contributed by atoms with Crippen molar-refractivity contribution in [2.75, 3.05) is 19.5 Å². The molecule has 2 N–H and O–H groups in total. The standard InChI is InChI=1S/C13H21NOS/c1-3-12(14)10-11-6-4-5-7-13(11)16-9-8-15-2/h4-7,12H,3,8-10,14H2,1-2H3. The summed E-state index contributed by atoms with van der Waals surface area (Å²) in [5, 5.41) is 0. The lowest BCUT2D eigenvalue weighted by Gasteiger charge is -2.12. The first-order valence-electron chi connectivity index (χ1n) is 5.73. The van der Waals surface area contributed by atoms with Gasteiger partial charge < -0.3 is 10.5 Å². The van der Waals surface area contributed by atoms with Crippen molar-refractivity contribution in [3.8, 4) is 0 Å². The lowest BCUT2D eigenvalue weighted by Crippen LogP contribution is -2.21. The molecule has 90 valence electrons. The summed E-state index contributed by atoms with van der Waals surface area (Å²) in [6.45, 7) is 2.92. The second-order valence-corrected chi connectivity index (χ2v) is 4.96. The van der Waals surface area contributed by atoms with E-state index in [0.717, 1.165) is 25.2 Å². The predicted octanol–water partition coefficient (Wildman–Crippen LogP) is 2.70. The molecule has 1 unspecified atom stereocenters. The quantitative estimate of drug-likeness (QED) is 0.587. The van der Waals surface area contributed by atoms with Crippen LogP contribution in [0.3, 0.4) is 0 Å². The molecule has 0 aromatic heterocycles. The molecule has 1 aromatic rings. The summed E-state index contributed by atoms with van der Waals surface area (Å²) >= 11 is 1.84. The second-order valence-electron chi connectivity index (χ2n) is 3.82. The van der Waals surface area contributed by atoms with E-state index in [0.29, 0.717) is 0 Å². The number of ether oxygens (including phenoxy) is 1. The Kier molecular flexibility index (Phi) is 6.53. The molecule has 1 rings (SSSR count). The highest BCUT2D eigenvalue weighted by Gasteiger charge is 2.06. The Morgan fingerprint density at radius 2 is 2.12 bits per heavy atom. The van der Waals surface area contributed by atoms with Crippen molar-refractivity contribution in [3.05, 3.63) is 29.8 Å². The zero-order valence-electron chi connectivity index (χ0n) is 10.1. The van der Waals surface area contributed by atoms with E-state index in [-0.39, 0.29) is 6.04 Å². The van der Waals surface area contributed by atoms with Gasteiger partial charge in [0.25, 0.3) is 0 Å². The van der Waals surface area contributed by atoms with E-state index in [4.69, 9.17) is 10.5 Å². The van der Waals surface area contributed by atoms with E-state index in [1.807, 2.05) is 11.8 Å². The highest BCUT2D eigenvalue weighted by Crippen LogP contribution is 2.23. The molecule has 0 radical (unpaired) electrons. The average molecular weight is 239 g/mol. The number of benzene rings is 1. The number of thioether (sulfide) groups is 1. The van der Waals surface area contributed by atoms with Gasteiger partial charge in [-0.15, -0.1) is 11.8 Å². The van der Waals surface area contributed by atoms with Crippen LogP contribution < -0.4 is 5.73 Å². The molecule has 0 aliphatic heterocycles. The third kappa shape index (κ3) is 4.56. The van der Waals surface area contributed by atoms with E-state index in [1.165, 1.54) is 10.5 Å². The van der Waals surface area contributed by atoms with Crippen molar-refractivity contribution in [3.63, 3.8) is 0 Å². The minimum absolute atomic E-state index is 0.268. The molecule has 0 amide bonds.